The predicted molar refractivity (Wildman–Crippen MR) is 82.7 cm³/mol. The molecule has 0 bridgehead atoms. The largest absolute Gasteiger partial charge is 0.482 e. The van der Waals surface area contributed by atoms with Crippen LogP contribution in [0.3, 0.4) is 0 Å². The van der Waals surface area contributed by atoms with Crippen LogP contribution in [0.1, 0.15) is 5.56 Å². The number of benzene rings is 2. The summed E-state index contributed by atoms with van der Waals surface area (Å²) in [6, 6.07) is 12.5. The highest BCUT2D eigenvalue weighted by Crippen LogP contribution is 2.11. The molecule has 2 rings (SSSR count). The SMILES string of the molecule is Cc1ccc(OCC(=O)OCC(=O)Nc2ccc(F)cc2)cc1. The van der Waals surface area contributed by atoms with Gasteiger partial charge >= 0.3 is 5.97 Å². The third kappa shape index (κ3) is 5.78. The molecule has 1 N–H and O–H groups in total. The highest BCUT2D eigenvalue weighted by atomic mass is 19.1. The zero-order valence-electron chi connectivity index (χ0n) is 12.5. The third-order valence-electron chi connectivity index (χ3n) is 2.87. The summed E-state index contributed by atoms with van der Waals surface area (Å²) in [5.74, 6) is -1.02. The molecule has 0 aliphatic carbocycles. The van der Waals surface area contributed by atoms with E-state index in [0.717, 1.165) is 5.56 Å². The van der Waals surface area contributed by atoms with Crippen molar-refractivity contribution in [1.29, 1.82) is 0 Å². The number of carbonyl (C=O) groups excluding carboxylic acids is 2. The Labute approximate surface area is 133 Å². The van der Waals surface area contributed by atoms with Gasteiger partial charge in [0.25, 0.3) is 5.91 Å². The predicted octanol–water partition coefficient (Wildman–Crippen LogP) is 2.69. The fourth-order valence-electron chi connectivity index (χ4n) is 1.69. The van der Waals surface area contributed by atoms with Crippen molar-refractivity contribution < 1.29 is 23.5 Å². The minimum Gasteiger partial charge on any atom is -0.482 e. The molecule has 2 aromatic carbocycles. The van der Waals surface area contributed by atoms with Gasteiger partial charge in [-0.15, -0.1) is 0 Å². The lowest BCUT2D eigenvalue weighted by atomic mass is 10.2. The van der Waals surface area contributed by atoms with E-state index in [2.05, 4.69) is 5.32 Å². The molecule has 0 spiro atoms. The lowest BCUT2D eigenvalue weighted by Gasteiger charge is -2.08. The zero-order chi connectivity index (χ0) is 16.7. The Kier molecular flexibility index (Phi) is 5.68. The van der Waals surface area contributed by atoms with Crippen LogP contribution in [-0.4, -0.2) is 25.1 Å². The Morgan fingerprint density at radius 2 is 1.65 bits per heavy atom. The molecule has 23 heavy (non-hydrogen) atoms. The van der Waals surface area contributed by atoms with Crippen LogP contribution >= 0.6 is 0 Å². The fourth-order valence-corrected chi connectivity index (χ4v) is 1.69. The molecule has 1 amide bonds. The number of aryl methyl sites for hydroxylation is 1. The van der Waals surface area contributed by atoms with Gasteiger partial charge in [0, 0.05) is 5.69 Å². The van der Waals surface area contributed by atoms with Gasteiger partial charge in [-0.3, -0.25) is 4.79 Å². The highest BCUT2D eigenvalue weighted by molar-refractivity contribution is 5.92. The standard InChI is InChI=1S/C17H16FNO4/c1-12-2-8-15(9-3-12)22-11-17(21)23-10-16(20)19-14-6-4-13(18)5-7-14/h2-9H,10-11H2,1H3,(H,19,20). The maximum Gasteiger partial charge on any atom is 0.344 e. The van der Waals surface area contributed by atoms with E-state index in [0.29, 0.717) is 11.4 Å². The van der Waals surface area contributed by atoms with Crippen molar-refractivity contribution >= 4 is 17.6 Å². The van der Waals surface area contributed by atoms with Gasteiger partial charge in [-0.25, -0.2) is 9.18 Å². The average Bonchev–Trinajstić information content (AvgIpc) is 2.54. The number of rotatable bonds is 6. The lowest BCUT2D eigenvalue weighted by molar-refractivity contribution is -0.149. The number of hydrogen-bond acceptors (Lipinski definition) is 4. The summed E-state index contributed by atoms with van der Waals surface area (Å²) in [6.07, 6.45) is 0. The minimum absolute atomic E-state index is 0.285. The van der Waals surface area contributed by atoms with Crippen LogP contribution in [0.25, 0.3) is 0 Å². The van der Waals surface area contributed by atoms with E-state index in [1.54, 1.807) is 12.1 Å². The number of nitrogens with one attached hydrogen (secondary N) is 1. The second kappa shape index (κ2) is 7.93. The molecule has 2 aromatic rings. The van der Waals surface area contributed by atoms with E-state index in [-0.39, 0.29) is 6.61 Å². The van der Waals surface area contributed by atoms with E-state index in [1.807, 2.05) is 19.1 Å². The van der Waals surface area contributed by atoms with Crippen molar-refractivity contribution in [3.8, 4) is 5.75 Å². The smallest absolute Gasteiger partial charge is 0.344 e. The zero-order valence-corrected chi connectivity index (χ0v) is 12.5. The van der Waals surface area contributed by atoms with Crippen molar-refractivity contribution in [2.75, 3.05) is 18.5 Å². The molecule has 0 atom stereocenters. The van der Waals surface area contributed by atoms with Crippen LogP contribution < -0.4 is 10.1 Å². The van der Waals surface area contributed by atoms with Gasteiger partial charge in [0.2, 0.25) is 0 Å². The molecular weight excluding hydrogens is 301 g/mol. The maximum absolute atomic E-state index is 12.7. The number of halogens is 1. The lowest BCUT2D eigenvalue weighted by Crippen LogP contribution is -2.23. The van der Waals surface area contributed by atoms with Gasteiger partial charge in [0.15, 0.2) is 13.2 Å². The summed E-state index contributed by atoms with van der Waals surface area (Å²) in [5.41, 5.74) is 1.50. The molecule has 0 unspecified atom stereocenters. The molecule has 0 aliphatic rings. The second-order valence-corrected chi connectivity index (χ2v) is 4.82. The molecule has 6 heteroatoms. The Morgan fingerprint density at radius 3 is 2.30 bits per heavy atom. The first-order chi connectivity index (χ1) is 11.0. The van der Waals surface area contributed by atoms with Gasteiger partial charge < -0.3 is 14.8 Å². The number of anilines is 1. The molecule has 0 heterocycles. The number of carbonyl (C=O) groups is 2. The van der Waals surface area contributed by atoms with Crippen molar-refractivity contribution in [2.45, 2.75) is 6.92 Å². The molecule has 0 saturated heterocycles. The number of esters is 1. The topological polar surface area (TPSA) is 64.6 Å². The first-order valence-electron chi connectivity index (χ1n) is 6.93. The molecule has 0 radical (unpaired) electrons. The van der Waals surface area contributed by atoms with Gasteiger partial charge in [-0.05, 0) is 43.3 Å². The molecule has 5 nitrogen and oxygen atoms in total. The minimum atomic E-state index is -0.653. The molecule has 120 valence electrons. The summed E-state index contributed by atoms with van der Waals surface area (Å²) in [4.78, 5) is 23.1. The van der Waals surface area contributed by atoms with E-state index in [9.17, 15) is 14.0 Å². The Hall–Kier alpha value is -2.89. The molecule has 0 aromatic heterocycles. The average molecular weight is 317 g/mol. The van der Waals surface area contributed by atoms with Crippen LogP contribution in [-0.2, 0) is 14.3 Å². The maximum atomic E-state index is 12.7. The quantitative estimate of drug-likeness (QED) is 0.832. The summed E-state index contributed by atoms with van der Waals surface area (Å²) >= 11 is 0. The van der Waals surface area contributed by atoms with Gasteiger partial charge in [0.05, 0.1) is 0 Å². The Bertz CT molecular complexity index is 668. The van der Waals surface area contributed by atoms with E-state index >= 15 is 0 Å². The van der Waals surface area contributed by atoms with E-state index in [1.165, 1.54) is 24.3 Å². The van der Waals surface area contributed by atoms with E-state index in [4.69, 9.17) is 9.47 Å². The van der Waals surface area contributed by atoms with Crippen LogP contribution in [0.15, 0.2) is 48.5 Å². The molecule has 0 aliphatic heterocycles. The normalized spacial score (nSPS) is 10.0. The first-order valence-corrected chi connectivity index (χ1v) is 6.93. The number of ether oxygens (including phenoxy) is 2. The van der Waals surface area contributed by atoms with Gasteiger partial charge in [-0.1, -0.05) is 17.7 Å². The van der Waals surface area contributed by atoms with Crippen LogP contribution in [0.2, 0.25) is 0 Å². The third-order valence-corrected chi connectivity index (χ3v) is 2.87. The van der Waals surface area contributed by atoms with E-state index < -0.39 is 24.3 Å². The Morgan fingerprint density at radius 1 is 1.00 bits per heavy atom. The summed E-state index contributed by atoms with van der Waals surface area (Å²) < 4.78 is 22.8. The number of amides is 1. The van der Waals surface area contributed by atoms with Crippen molar-refractivity contribution in [3.05, 3.63) is 59.9 Å². The van der Waals surface area contributed by atoms with Crippen molar-refractivity contribution in [1.82, 2.24) is 0 Å². The van der Waals surface area contributed by atoms with Crippen molar-refractivity contribution in [2.24, 2.45) is 0 Å². The second-order valence-electron chi connectivity index (χ2n) is 4.82. The molecule has 0 fully saturated rings. The van der Waals surface area contributed by atoms with Gasteiger partial charge in [0.1, 0.15) is 11.6 Å². The molecular formula is C17H16FNO4. The monoisotopic (exact) mass is 317 g/mol. The summed E-state index contributed by atoms with van der Waals surface area (Å²) in [6.45, 7) is 1.22. The van der Waals surface area contributed by atoms with Crippen LogP contribution in [0.5, 0.6) is 5.75 Å². The molecule has 0 saturated carbocycles. The first kappa shape index (κ1) is 16.5. The number of hydrogen-bond donors (Lipinski definition) is 1. The van der Waals surface area contributed by atoms with Crippen LogP contribution in [0.4, 0.5) is 10.1 Å². The fraction of sp³-hybridized carbons (Fsp3) is 0.176. The highest BCUT2D eigenvalue weighted by Gasteiger charge is 2.09. The summed E-state index contributed by atoms with van der Waals surface area (Å²) in [5, 5.41) is 2.48. The summed E-state index contributed by atoms with van der Waals surface area (Å²) in [7, 11) is 0. The van der Waals surface area contributed by atoms with Crippen molar-refractivity contribution in [3.63, 3.8) is 0 Å². The van der Waals surface area contributed by atoms with Gasteiger partial charge in [-0.2, -0.15) is 0 Å². The van der Waals surface area contributed by atoms with Crippen LogP contribution in [0, 0.1) is 12.7 Å². The Balaban J connectivity index is 1.70.